The zero-order valence-corrected chi connectivity index (χ0v) is 13.3. The van der Waals surface area contributed by atoms with Crippen LogP contribution in [0.2, 0.25) is 5.02 Å². The number of aromatic nitrogens is 1. The first kappa shape index (κ1) is 16.0. The summed E-state index contributed by atoms with van der Waals surface area (Å²) in [5.41, 5.74) is 0.486. The number of halogens is 2. The van der Waals surface area contributed by atoms with Crippen molar-refractivity contribution >= 4 is 11.6 Å². The highest BCUT2D eigenvalue weighted by Gasteiger charge is 2.12. The molecular formula is C16H20ClFN2O. The van der Waals surface area contributed by atoms with Gasteiger partial charge in [-0.2, -0.15) is 0 Å². The molecular weight excluding hydrogens is 291 g/mol. The lowest BCUT2D eigenvalue weighted by molar-refractivity contribution is 0.412. The van der Waals surface area contributed by atoms with Crippen LogP contribution >= 0.6 is 11.6 Å². The SMILES string of the molecule is CC(C)(C)NCCCc1ncc(-c2ccc(Cl)cc2F)o1. The number of aryl methyl sites for hydroxylation is 1. The molecule has 0 spiro atoms. The molecule has 0 aliphatic rings. The van der Waals surface area contributed by atoms with Gasteiger partial charge in [0.2, 0.25) is 0 Å². The van der Waals surface area contributed by atoms with Crippen LogP contribution in [0.3, 0.4) is 0 Å². The number of oxazole rings is 1. The second-order valence-electron chi connectivity index (χ2n) is 6.02. The second kappa shape index (κ2) is 6.58. The van der Waals surface area contributed by atoms with Gasteiger partial charge in [0.1, 0.15) is 5.82 Å². The Bertz CT molecular complexity index is 605. The topological polar surface area (TPSA) is 38.1 Å². The van der Waals surface area contributed by atoms with Gasteiger partial charge in [0.15, 0.2) is 11.7 Å². The number of hydrogen-bond acceptors (Lipinski definition) is 3. The molecule has 0 aliphatic heterocycles. The van der Waals surface area contributed by atoms with Gasteiger partial charge in [-0.3, -0.25) is 0 Å². The zero-order valence-electron chi connectivity index (χ0n) is 12.5. The molecule has 5 heteroatoms. The van der Waals surface area contributed by atoms with Gasteiger partial charge in [0.25, 0.3) is 0 Å². The standard InChI is InChI=1S/C16H20ClFN2O/c1-16(2,3)20-8-4-5-15-19-10-14(21-15)12-7-6-11(17)9-13(12)18/h6-7,9-10,20H,4-5,8H2,1-3H3. The number of nitrogens with one attached hydrogen (secondary N) is 1. The van der Waals surface area contributed by atoms with Crippen LogP contribution in [0.25, 0.3) is 11.3 Å². The molecule has 1 heterocycles. The van der Waals surface area contributed by atoms with Crippen LogP contribution in [0.4, 0.5) is 4.39 Å². The van der Waals surface area contributed by atoms with Gasteiger partial charge >= 0.3 is 0 Å². The van der Waals surface area contributed by atoms with Crippen LogP contribution in [0.1, 0.15) is 33.1 Å². The van der Waals surface area contributed by atoms with Crippen molar-refractivity contribution in [2.24, 2.45) is 0 Å². The molecule has 2 aromatic rings. The minimum Gasteiger partial charge on any atom is -0.441 e. The minimum absolute atomic E-state index is 0.105. The Morgan fingerprint density at radius 1 is 1.33 bits per heavy atom. The lowest BCUT2D eigenvalue weighted by atomic mass is 10.1. The summed E-state index contributed by atoms with van der Waals surface area (Å²) in [5, 5.41) is 3.77. The zero-order chi connectivity index (χ0) is 15.5. The van der Waals surface area contributed by atoms with Crippen molar-refractivity contribution in [1.29, 1.82) is 0 Å². The fourth-order valence-corrected chi connectivity index (χ4v) is 2.10. The largest absolute Gasteiger partial charge is 0.441 e. The molecule has 1 aromatic heterocycles. The van der Waals surface area contributed by atoms with E-state index in [9.17, 15) is 4.39 Å². The Labute approximate surface area is 129 Å². The van der Waals surface area contributed by atoms with Gasteiger partial charge in [-0.1, -0.05) is 11.6 Å². The molecule has 0 amide bonds. The van der Waals surface area contributed by atoms with E-state index in [0.29, 0.717) is 22.2 Å². The molecule has 114 valence electrons. The highest BCUT2D eigenvalue weighted by molar-refractivity contribution is 6.30. The molecule has 0 aliphatic carbocycles. The normalized spacial score (nSPS) is 11.9. The predicted octanol–water partition coefficient (Wildman–Crippen LogP) is 4.45. The summed E-state index contributed by atoms with van der Waals surface area (Å²) in [6, 6.07) is 4.50. The van der Waals surface area contributed by atoms with Crippen molar-refractivity contribution < 1.29 is 8.81 Å². The summed E-state index contributed by atoms with van der Waals surface area (Å²) in [4.78, 5) is 4.20. The Morgan fingerprint density at radius 2 is 2.10 bits per heavy atom. The lowest BCUT2D eigenvalue weighted by Gasteiger charge is -2.20. The van der Waals surface area contributed by atoms with E-state index >= 15 is 0 Å². The van der Waals surface area contributed by atoms with E-state index in [1.165, 1.54) is 6.07 Å². The highest BCUT2D eigenvalue weighted by atomic mass is 35.5. The Balaban J connectivity index is 1.95. The fourth-order valence-electron chi connectivity index (χ4n) is 1.94. The maximum atomic E-state index is 13.8. The van der Waals surface area contributed by atoms with Crippen molar-refractivity contribution in [1.82, 2.24) is 10.3 Å². The third-order valence-corrected chi connectivity index (χ3v) is 3.21. The van der Waals surface area contributed by atoms with E-state index in [1.807, 2.05) is 0 Å². The first-order chi connectivity index (χ1) is 9.85. The third-order valence-electron chi connectivity index (χ3n) is 2.97. The average molecular weight is 311 g/mol. The Morgan fingerprint density at radius 3 is 2.76 bits per heavy atom. The lowest BCUT2D eigenvalue weighted by Crippen LogP contribution is -2.36. The van der Waals surface area contributed by atoms with Crippen molar-refractivity contribution in [3.05, 3.63) is 41.1 Å². The summed E-state index contributed by atoms with van der Waals surface area (Å²) in [6.07, 6.45) is 3.19. The predicted molar refractivity (Wildman–Crippen MR) is 83.0 cm³/mol. The van der Waals surface area contributed by atoms with Crippen LogP contribution in [0, 0.1) is 5.82 Å². The number of rotatable bonds is 5. The molecule has 1 aromatic carbocycles. The number of hydrogen-bond donors (Lipinski definition) is 1. The van der Waals surface area contributed by atoms with Crippen molar-refractivity contribution in [2.75, 3.05) is 6.54 Å². The second-order valence-corrected chi connectivity index (χ2v) is 6.46. The van der Waals surface area contributed by atoms with Gasteiger partial charge in [-0.15, -0.1) is 0 Å². The quantitative estimate of drug-likeness (QED) is 0.829. The molecule has 3 nitrogen and oxygen atoms in total. The third kappa shape index (κ3) is 4.83. The minimum atomic E-state index is -0.403. The molecule has 21 heavy (non-hydrogen) atoms. The van der Waals surface area contributed by atoms with Gasteiger partial charge in [0.05, 0.1) is 11.8 Å². The smallest absolute Gasteiger partial charge is 0.194 e. The molecule has 0 bridgehead atoms. The molecule has 0 fully saturated rings. The summed E-state index contributed by atoms with van der Waals surface area (Å²) in [7, 11) is 0. The van der Waals surface area contributed by atoms with E-state index in [0.717, 1.165) is 19.4 Å². The van der Waals surface area contributed by atoms with E-state index < -0.39 is 5.82 Å². The van der Waals surface area contributed by atoms with E-state index in [-0.39, 0.29) is 5.54 Å². The van der Waals surface area contributed by atoms with Crippen LogP contribution in [-0.4, -0.2) is 17.1 Å². The van der Waals surface area contributed by atoms with Crippen LogP contribution in [0.5, 0.6) is 0 Å². The summed E-state index contributed by atoms with van der Waals surface area (Å²) in [6.45, 7) is 7.26. The molecule has 0 unspecified atom stereocenters. The molecule has 0 radical (unpaired) electrons. The molecule has 0 atom stereocenters. The van der Waals surface area contributed by atoms with Crippen LogP contribution in [-0.2, 0) is 6.42 Å². The molecule has 2 rings (SSSR count). The van der Waals surface area contributed by atoms with Crippen molar-refractivity contribution in [3.63, 3.8) is 0 Å². The monoisotopic (exact) mass is 310 g/mol. The fraction of sp³-hybridized carbons (Fsp3) is 0.438. The molecule has 1 N–H and O–H groups in total. The van der Waals surface area contributed by atoms with Crippen molar-refractivity contribution in [2.45, 2.75) is 39.2 Å². The van der Waals surface area contributed by atoms with Gasteiger partial charge < -0.3 is 9.73 Å². The van der Waals surface area contributed by atoms with Crippen LogP contribution in [0.15, 0.2) is 28.8 Å². The Hall–Kier alpha value is -1.39. The molecule has 0 saturated heterocycles. The summed E-state index contributed by atoms with van der Waals surface area (Å²) >= 11 is 5.74. The molecule has 0 saturated carbocycles. The van der Waals surface area contributed by atoms with Crippen LogP contribution < -0.4 is 5.32 Å². The maximum Gasteiger partial charge on any atom is 0.194 e. The van der Waals surface area contributed by atoms with E-state index in [4.69, 9.17) is 16.0 Å². The number of benzene rings is 1. The Kier molecular flexibility index (Phi) is 5.01. The van der Waals surface area contributed by atoms with Gasteiger partial charge in [0, 0.05) is 17.0 Å². The summed E-state index contributed by atoms with van der Waals surface area (Å²) in [5.74, 6) is 0.651. The first-order valence-electron chi connectivity index (χ1n) is 7.00. The van der Waals surface area contributed by atoms with E-state index in [2.05, 4.69) is 31.1 Å². The van der Waals surface area contributed by atoms with Gasteiger partial charge in [-0.25, -0.2) is 9.37 Å². The van der Waals surface area contributed by atoms with Gasteiger partial charge in [-0.05, 0) is 51.9 Å². The van der Waals surface area contributed by atoms with E-state index in [1.54, 1.807) is 18.3 Å². The average Bonchev–Trinajstić information content (AvgIpc) is 2.82. The first-order valence-corrected chi connectivity index (χ1v) is 7.38. The highest BCUT2D eigenvalue weighted by Crippen LogP contribution is 2.26. The summed E-state index contributed by atoms with van der Waals surface area (Å²) < 4.78 is 19.4. The van der Waals surface area contributed by atoms with Crippen molar-refractivity contribution in [3.8, 4) is 11.3 Å². The maximum absolute atomic E-state index is 13.8. The number of nitrogens with zero attached hydrogens (tertiary/aromatic N) is 1.